The molecule has 2 aromatic heterocycles. The summed E-state index contributed by atoms with van der Waals surface area (Å²) in [7, 11) is 1.69. The second-order valence-corrected chi connectivity index (χ2v) is 10.5. The molecule has 0 atom stereocenters. The number of pyridine rings is 1. The van der Waals surface area contributed by atoms with Crippen LogP contribution in [0.1, 0.15) is 27.2 Å². The van der Waals surface area contributed by atoms with Gasteiger partial charge < -0.3 is 14.0 Å². The highest BCUT2D eigenvalue weighted by Crippen LogP contribution is 2.31. The van der Waals surface area contributed by atoms with Crippen LogP contribution in [0.15, 0.2) is 91.1 Å². The largest absolute Gasteiger partial charge is 0.497 e. The lowest BCUT2D eigenvalue weighted by Gasteiger charge is -2.34. The summed E-state index contributed by atoms with van der Waals surface area (Å²) in [6, 6.07) is 28.5. The first-order chi connectivity index (χ1) is 19.5. The van der Waals surface area contributed by atoms with Crippen LogP contribution < -0.4 is 4.74 Å². The minimum Gasteiger partial charge on any atom is -0.497 e. The number of ether oxygens (including phenoxy) is 1. The van der Waals surface area contributed by atoms with Crippen molar-refractivity contribution in [2.24, 2.45) is 0 Å². The van der Waals surface area contributed by atoms with Crippen LogP contribution in [0.2, 0.25) is 0 Å². The fourth-order valence-corrected chi connectivity index (χ4v) is 5.54. The highest BCUT2D eigenvalue weighted by molar-refractivity contribution is 5.94. The van der Waals surface area contributed by atoms with E-state index in [0.717, 1.165) is 53.5 Å². The van der Waals surface area contributed by atoms with Crippen molar-refractivity contribution >= 4 is 11.6 Å². The van der Waals surface area contributed by atoms with E-state index in [0.29, 0.717) is 13.1 Å². The van der Waals surface area contributed by atoms with E-state index in [9.17, 15) is 4.79 Å². The molecular formula is C34H34N4O2. The molecule has 5 aromatic rings. The molecular weight excluding hydrogens is 496 g/mol. The number of hydrogen-bond donors (Lipinski definition) is 0. The van der Waals surface area contributed by atoms with Gasteiger partial charge in [0, 0.05) is 50.0 Å². The number of piperazine rings is 1. The molecule has 0 spiro atoms. The summed E-state index contributed by atoms with van der Waals surface area (Å²) in [6.07, 6.45) is 2.22. The van der Waals surface area contributed by atoms with Gasteiger partial charge in [-0.1, -0.05) is 54.1 Å². The predicted molar refractivity (Wildman–Crippen MR) is 160 cm³/mol. The fraction of sp³-hybridized carbons (Fsp3) is 0.235. The number of fused-ring (bicyclic) bond motifs is 1. The number of benzene rings is 3. The lowest BCUT2D eigenvalue weighted by Crippen LogP contribution is -2.48. The van der Waals surface area contributed by atoms with E-state index in [1.54, 1.807) is 7.11 Å². The van der Waals surface area contributed by atoms with Gasteiger partial charge in [-0.05, 0) is 66.9 Å². The average Bonchev–Trinajstić information content (AvgIpc) is 3.36. The van der Waals surface area contributed by atoms with Crippen LogP contribution >= 0.6 is 0 Å². The molecule has 1 aliphatic rings. The van der Waals surface area contributed by atoms with Crippen LogP contribution in [0, 0.1) is 13.8 Å². The molecule has 0 N–H and O–H groups in total. The van der Waals surface area contributed by atoms with Crippen molar-refractivity contribution in [1.29, 1.82) is 0 Å². The molecule has 0 unspecified atom stereocenters. The van der Waals surface area contributed by atoms with E-state index in [1.165, 1.54) is 22.3 Å². The Morgan fingerprint density at radius 2 is 1.65 bits per heavy atom. The number of carbonyl (C=O) groups is 1. The first-order valence-corrected chi connectivity index (χ1v) is 13.8. The van der Waals surface area contributed by atoms with Crippen molar-refractivity contribution in [1.82, 2.24) is 19.2 Å². The van der Waals surface area contributed by atoms with Gasteiger partial charge >= 0.3 is 0 Å². The Labute approximate surface area is 235 Å². The van der Waals surface area contributed by atoms with Gasteiger partial charge in [-0.15, -0.1) is 0 Å². The molecule has 1 aliphatic heterocycles. The van der Waals surface area contributed by atoms with Crippen molar-refractivity contribution in [2.75, 3.05) is 33.3 Å². The average molecular weight is 531 g/mol. The van der Waals surface area contributed by atoms with Crippen molar-refractivity contribution in [3.8, 4) is 28.1 Å². The second-order valence-electron chi connectivity index (χ2n) is 10.5. The maximum atomic E-state index is 13.0. The summed E-state index contributed by atoms with van der Waals surface area (Å²) in [5.74, 6) is 0.912. The van der Waals surface area contributed by atoms with Gasteiger partial charge in [0.15, 0.2) is 0 Å². The van der Waals surface area contributed by atoms with Gasteiger partial charge in [0.25, 0.3) is 5.91 Å². The second kappa shape index (κ2) is 11.0. The fourth-order valence-electron chi connectivity index (χ4n) is 5.54. The summed E-state index contributed by atoms with van der Waals surface area (Å²) < 4.78 is 7.77. The maximum absolute atomic E-state index is 13.0. The molecule has 3 aromatic carbocycles. The number of aromatic nitrogens is 2. The smallest absolute Gasteiger partial charge is 0.253 e. The summed E-state index contributed by atoms with van der Waals surface area (Å²) >= 11 is 0. The Bertz CT molecular complexity index is 1670. The SMILES string of the molecule is COc1cccc(-c2nc3ccc(-c4cc(C)ccc4C)cn3c2CN2CCN(C(=O)c3ccccc3)CC2)c1. The van der Waals surface area contributed by atoms with Gasteiger partial charge in [-0.2, -0.15) is 0 Å². The molecule has 40 heavy (non-hydrogen) atoms. The molecule has 6 rings (SSSR count). The first kappa shape index (κ1) is 25.8. The standard InChI is InChI=1S/C34H34N4O2/c1-24-12-13-25(2)30(20-24)28-14-15-32-35-33(27-10-7-11-29(21-27)40-3)31(38(32)22-28)23-36-16-18-37(19-17-36)34(39)26-8-5-4-6-9-26/h4-15,20-22H,16-19,23H2,1-3H3. The maximum Gasteiger partial charge on any atom is 0.253 e. The van der Waals surface area contributed by atoms with E-state index >= 15 is 0 Å². The highest BCUT2D eigenvalue weighted by Gasteiger charge is 2.25. The molecule has 0 aliphatic carbocycles. The van der Waals surface area contributed by atoms with Crippen LogP contribution in [0.4, 0.5) is 0 Å². The van der Waals surface area contributed by atoms with Gasteiger partial charge in [0.05, 0.1) is 18.5 Å². The number of hydrogen-bond acceptors (Lipinski definition) is 4. The minimum absolute atomic E-state index is 0.102. The Kier molecular flexibility index (Phi) is 7.10. The first-order valence-electron chi connectivity index (χ1n) is 13.8. The van der Waals surface area contributed by atoms with Crippen molar-refractivity contribution in [3.63, 3.8) is 0 Å². The predicted octanol–water partition coefficient (Wildman–Crippen LogP) is 6.25. The number of nitrogens with zero attached hydrogens (tertiary/aromatic N) is 4. The number of rotatable bonds is 6. The van der Waals surface area contributed by atoms with Crippen molar-refractivity contribution < 1.29 is 9.53 Å². The zero-order valence-corrected chi connectivity index (χ0v) is 23.3. The molecule has 1 amide bonds. The van der Waals surface area contributed by atoms with Crippen LogP contribution in [0.25, 0.3) is 28.0 Å². The molecule has 3 heterocycles. The number of imidazole rings is 1. The van der Waals surface area contributed by atoms with E-state index in [4.69, 9.17) is 9.72 Å². The van der Waals surface area contributed by atoms with Crippen LogP contribution in [0.3, 0.4) is 0 Å². The van der Waals surface area contributed by atoms with Crippen LogP contribution in [0.5, 0.6) is 5.75 Å². The van der Waals surface area contributed by atoms with Crippen molar-refractivity contribution in [3.05, 3.63) is 114 Å². The lowest BCUT2D eigenvalue weighted by atomic mass is 10.00. The van der Waals surface area contributed by atoms with Gasteiger partial charge in [0.2, 0.25) is 0 Å². The van der Waals surface area contributed by atoms with E-state index in [1.807, 2.05) is 53.4 Å². The number of carbonyl (C=O) groups excluding carboxylic acids is 1. The summed E-state index contributed by atoms with van der Waals surface area (Å²) in [5, 5.41) is 0. The third-order valence-electron chi connectivity index (χ3n) is 7.82. The number of aryl methyl sites for hydroxylation is 2. The van der Waals surface area contributed by atoms with E-state index in [2.05, 4.69) is 65.7 Å². The minimum atomic E-state index is 0.102. The zero-order chi connectivity index (χ0) is 27.6. The third-order valence-corrected chi connectivity index (χ3v) is 7.82. The lowest BCUT2D eigenvalue weighted by molar-refractivity contribution is 0.0627. The van der Waals surface area contributed by atoms with Crippen molar-refractivity contribution in [2.45, 2.75) is 20.4 Å². The number of methoxy groups -OCH3 is 1. The Morgan fingerprint density at radius 3 is 2.42 bits per heavy atom. The molecule has 1 saturated heterocycles. The Hall–Kier alpha value is -4.42. The molecule has 1 fully saturated rings. The summed E-state index contributed by atoms with van der Waals surface area (Å²) in [6.45, 7) is 8.04. The van der Waals surface area contributed by atoms with Gasteiger partial charge in [-0.3, -0.25) is 9.69 Å². The Morgan fingerprint density at radius 1 is 0.850 bits per heavy atom. The van der Waals surface area contributed by atoms with Gasteiger partial charge in [0.1, 0.15) is 11.4 Å². The summed E-state index contributed by atoms with van der Waals surface area (Å²) in [5.41, 5.74) is 9.68. The zero-order valence-electron chi connectivity index (χ0n) is 23.3. The van der Waals surface area contributed by atoms with Crippen LogP contribution in [-0.2, 0) is 6.54 Å². The van der Waals surface area contributed by atoms with Crippen LogP contribution in [-0.4, -0.2) is 58.4 Å². The molecule has 6 nitrogen and oxygen atoms in total. The normalized spacial score (nSPS) is 14.0. The Balaban J connectivity index is 1.34. The molecule has 0 bridgehead atoms. The molecule has 202 valence electrons. The highest BCUT2D eigenvalue weighted by atomic mass is 16.5. The van der Waals surface area contributed by atoms with E-state index in [-0.39, 0.29) is 5.91 Å². The molecule has 0 radical (unpaired) electrons. The number of amides is 1. The van der Waals surface area contributed by atoms with Gasteiger partial charge in [-0.25, -0.2) is 4.98 Å². The topological polar surface area (TPSA) is 50.1 Å². The molecule has 0 saturated carbocycles. The quantitative estimate of drug-likeness (QED) is 0.260. The third kappa shape index (κ3) is 5.10. The summed E-state index contributed by atoms with van der Waals surface area (Å²) in [4.78, 5) is 22.5. The van der Waals surface area contributed by atoms with E-state index < -0.39 is 0 Å². The monoisotopic (exact) mass is 530 g/mol. The molecule has 6 heteroatoms.